The molecule has 0 unspecified atom stereocenters. The van der Waals surface area contributed by atoms with Gasteiger partial charge in [0, 0.05) is 25.6 Å². The molecule has 106 valence electrons. The molecular weight excluding hydrogens is 252 g/mol. The number of nitrogens with zero attached hydrogens (tertiary/aromatic N) is 1. The molecule has 1 aliphatic rings. The van der Waals surface area contributed by atoms with Crippen LogP contribution in [0.1, 0.15) is 39.5 Å². The van der Waals surface area contributed by atoms with Crippen molar-refractivity contribution in [3.63, 3.8) is 0 Å². The molecule has 1 aliphatic heterocycles. The third kappa shape index (κ3) is 4.24. The van der Waals surface area contributed by atoms with Gasteiger partial charge in [-0.05, 0) is 25.7 Å². The fourth-order valence-corrected chi connectivity index (χ4v) is 3.72. The van der Waals surface area contributed by atoms with E-state index in [2.05, 4.69) is 5.32 Å². The third-order valence-corrected chi connectivity index (χ3v) is 5.31. The summed E-state index contributed by atoms with van der Waals surface area (Å²) in [5.41, 5.74) is 0. The first-order valence-electron chi connectivity index (χ1n) is 6.76. The number of nitrogens with one attached hydrogen (secondary N) is 1. The topological polar surface area (TPSA) is 66.5 Å². The highest BCUT2D eigenvalue weighted by Gasteiger charge is 2.30. The van der Waals surface area contributed by atoms with Gasteiger partial charge in [-0.3, -0.25) is 4.79 Å². The van der Waals surface area contributed by atoms with Gasteiger partial charge in [0.15, 0.2) is 0 Å². The van der Waals surface area contributed by atoms with Gasteiger partial charge in [0.1, 0.15) is 0 Å². The van der Waals surface area contributed by atoms with Crippen molar-refractivity contribution in [2.45, 2.75) is 39.5 Å². The van der Waals surface area contributed by atoms with E-state index in [-0.39, 0.29) is 17.6 Å². The van der Waals surface area contributed by atoms with E-state index in [0.29, 0.717) is 38.9 Å². The van der Waals surface area contributed by atoms with Crippen LogP contribution in [-0.4, -0.2) is 44.0 Å². The van der Waals surface area contributed by atoms with E-state index in [0.717, 1.165) is 6.42 Å². The maximum atomic E-state index is 11.9. The smallest absolute Gasteiger partial charge is 0.223 e. The van der Waals surface area contributed by atoms with Gasteiger partial charge in [-0.25, -0.2) is 12.7 Å². The molecule has 0 bridgehead atoms. The van der Waals surface area contributed by atoms with Crippen molar-refractivity contribution in [3.05, 3.63) is 0 Å². The Morgan fingerprint density at radius 3 is 2.33 bits per heavy atom. The number of amides is 1. The van der Waals surface area contributed by atoms with Crippen LogP contribution in [0.15, 0.2) is 0 Å². The van der Waals surface area contributed by atoms with E-state index in [1.54, 1.807) is 0 Å². The molecule has 6 heteroatoms. The van der Waals surface area contributed by atoms with Crippen molar-refractivity contribution in [3.8, 4) is 0 Å². The molecule has 18 heavy (non-hydrogen) atoms. The zero-order valence-electron chi connectivity index (χ0n) is 11.3. The zero-order valence-corrected chi connectivity index (χ0v) is 12.1. The number of rotatable bonds is 6. The van der Waals surface area contributed by atoms with E-state index in [4.69, 9.17) is 0 Å². The van der Waals surface area contributed by atoms with E-state index < -0.39 is 10.0 Å². The van der Waals surface area contributed by atoms with Crippen molar-refractivity contribution >= 4 is 15.9 Å². The number of piperidine rings is 1. The van der Waals surface area contributed by atoms with Gasteiger partial charge in [0.2, 0.25) is 15.9 Å². The van der Waals surface area contributed by atoms with Crippen LogP contribution in [0.25, 0.3) is 0 Å². The monoisotopic (exact) mass is 276 g/mol. The van der Waals surface area contributed by atoms with Gasteiger partial charge in [-0.2, -0.15) is 0 Å². The average molecular weight is 276 g/mol. The first-order chi connectivity index (χ1) is 8.51. The number of sulfonamides is 1. The van der Waals surface area contributed by atoms with Crippen molar-refractivity contribution < 1.29 is 13.2 Å². The lowest BCUT2D eigenvalue weighted by Crippen LogP contribution is -2.43. The van der Waals surface area contributed by atoms with Crippen LogP contribution in [0.5, 0.6) is 0 Å². The summed E-state index contributed by atoms with van der Waals surface area (Å²) in [6.45, 7) is 5.54. The fraction of sp³-hybridized carbons (Fsp3) is 0.917. The molecule has 1 saturated heterocycles. The number of hydrogen-bond donors (Lipinski definition) is 1. The van der Waals surface area contributed by atoms with Crippen LogP contribution in [0.4, 0.5) is 0 Å². The molecule has 0 spiro atoms. The standard InChI is InChI=1S/C12H24N2O3S/c1-3-7-13-12(15)11-5-8-14(9-6-11)18(16,17)10-4-2/h11H,3-10H2,1-2H3,(H,13,15). The second-order valence-corrected chi connectivity index (χ2v) is 6.87. The van der Waals surface area contributed by atoms with Crippen LogP contribution in [0, 0.1) is 5.92 Å². The highest BCUT2D eigenvalue weighted by Crippen LogP contribution is 2.20. The van der Waals surface area contributed by atoms with E-state index in [1.807, 2.05) is 13.8 Å². The quantitative estimate of drug-likeness (QED) is 0.786. The maximum absolute atomic E-state index is 11.9. The Labute approximate surface area is 110 Å². The summed E-state index contributed by atoms with van der Waals surface area (Å²) in [4.78, 5) is 11.8. The van der Waals surface area contributed by atoms with Crippen molar-refractivity contribution in [1.82, 2.24) is 9.62 Å². The Morgan fingerprint density at radius 2 is 1.83 bits per heavy atom. The van der Waals surface area contributed by atoms with Gasteiger partial charge < -0.3 is 5.32 Å². The normalized spacial score (nSPS) is 18.8. The Kier molecular flexibility index (Phi) is 6.08. The van der Waals surface area contributed by atoms with E-state index in [1.165, 1.54) is 4.31 Å². The van der Waals surface area contributed by atoms with Gasteiger partial charge in [-0.1, -0.05) is 13.8 Å². The van der Waals surface area contributed by atoms with Crippen LogP contribution in [0.2, 0.25) is 0 Å². The summed E-state index contributed by atoms with van der Waals surface area (Å²) < 4.78 is 25.2. The molecule has 0 atom stereocenters. The predicted molar refractivity (Wildman–Crippen MR) is 71.7 cm³/mol. The molecule has 0 aromatic carbocycles. The molecule has 0 aromatic rings. The van der Waals surface area contributed by atoms with E-state index >= 15 is 0 Å². The van der Waals surface area contributed by atoms with Crippen LogP contribution >= 0.6 is 0 Å². The largest absolute Gasteiger partial charge is 0.356 e. The van der Waals surface area contributed by atoms with Crippen molar-refractivity contribution in [2.24, 2.45) is 5.92 Å². The summed E-state index contributed by atoms with van der Waals surface area (Å²) in [7, 11) is -3.10. The SMILES string of the molecule is CCCNC(=O)C1CCN(S(=O)(=O)CCC)CC1. The van der Waals surface area contributed by atoms with Crippen LogP contribution < -0.4 is 5.32 Å². The van der Waals surface area contributed by atoms with Gasteiger partial charge in [0.05, 0.1) is 5.75 Å². The maximum Gasteiger partial charge on any atom is 0.223 e. The second kappa shape index (κ2) is 7.09. The first kappa shape index (κ1) is 15.4. The molecule has 0 aromatic heterocycles. The lowest BCUT2D eigenvalue weighted by molar-refractivity contribution is -0.126. The lowest BCUT2D eigenvalue weighted by Gasteiger charge is -2.30. The van der Waals surface area contributed by atoms with Crippen LogP contribution in [0.3, 0.4) is 0 Å². The molecule has 1 amide bonds. The van der Waals surface area contributed by atoms with Crippen molar-refractivity contribution in [2.75, 3.05) is 25.4 Å². The lowest BCUT2D eigenvalue weighted by atomic mass is 9.97. The molecule has 0 saturated carbocycles. The van der Waals surface area contributed by atoms with Crippen LogP contribution in [-0.2, 0) is 14.8 Å². The Bertz CT molecular complexity index is 360. The molecule has 1 N–H and O–H groups in total. The summed E-state index contributed by atoms with van der Waals surface area (Å²) in [5.74, 6) is 0.258. The minimum atomic E-state index is -3.10. The minimum Gasteiger partial charge on any atom is -0.356 e. The minimum absolute atomic E-state index is 0.0235. The Hall–Kier alpha value is -0.620. The molecule has 1 fully saturated rings. The summed E-state index contributed by atoms with van der Waals surface area (Å²) >= 11 is 0. The highest BCUT2D eigenvalue weighted by atomic mass is 32.2. The summed E-state index contributed by atoms with van der Waals surface area (Å²) in [6, 6.07) is 0. The van der Waals surface area contributed by atoms with Crippen molar-refractivity contribution in [1.29, 1.82) is 0 Å². The van der Waals surface area contributed by atoms with Gasteiger partial charge in [0.25, 0.3) is 0 Å². The predicted octanol–water partition coefficient (Wildman–Crippen LogP) is 0.964. The zero-order chi connectivity index (χ0) is 13.6. The Morgan fingerprint density at radius 1 is 1.22 bits per heavy atom. The number of carbonyl (C=O) groups excluding carboxylic acids is 1. The molecular formula is C12H24N2O3S. The Balaban J connectivity index is 2.43. The summed E-state index contributed by atoms with van der Waals surface area (Å²) in [6.07, 6.45) is 2.84. The molecule has 5 nitrogen and oxygen atoms in total. The highest BCUT2D eigenvalue weighted by molar-refractivity contribution is 7.89. The van der Waals surface area contributed by atoms with Gasteiger partial charge >= 0.3 is 0 Å². The summed E-state index contributed by atoms with van der Waals surface area (Å²) in [5, 5.41) is 2.87. The first-order valence-corrected chi connectivity index (χ1v) is 8.37. The molecule has 1 heterocycles. The molecule has 0 radical (unpaired) electrons. The third-order valence-electron chi connectivity index (χ3n) is 3.23. The van der Waals surface area contributed by atoms with E-state index in [9.17, 15) is 13.2 Å². The second-order valence-electron chi connectivity index (χ2n) is 4.78. The molecule has 1 rings (SSSR count). The number of carbonyl (C=O) groups is 1. The molecule has 0 aliphatic carbocycles. The average Bonchev–Trinajstić information content (AvgIpc) is 2.36. The van der Waals surface area contributed by atoms with Gasteiger partial charge in [-0.15, -0.1) is 0 Å². The fourth-order valence-electron chi connectivity index (χ4n) is 2.18. The number of hydrogen-bond acceptors (Lipinski definition) is 3.